The molecule has 2 aromatic heterocycles. The zero-order valence-corrected chi connectivity index (χ0v) is 17.4. The van der Waals surface area contributed by atoms with Crippen LogP contribution in [-0.4, -0.2) is 81.5 Å². The highest BCUT2D eigenvalue weighted by Crippen LogP contribution is 2.27. The van der Waals surface area contributed by atoms with Crippen molar-refractivity contribution in [3.05, 3.63) is 65.6 Å². The summed E-state index contributed by atoms with van der Waals surface area (Å²) < 4.78 is 2.03. The second-order valence-corrected chi connectivity index (χ2v) is 8.51. The number of carbonyl (C=O) groups is 1. The van der Waals surface area contributed by atoms with Gasteiger partial charge in [0.25, 0.3) is 5.91 Å². The molecule has 7 heteroatoms. The highest BCUT2D eigenvalue weighted by molar-refractivity contribution is 5.94. The number of carbonyl (C=O) groups excluding carboxylic acids is 1. The van der Waals surface area contributed by atoms with Gasteiger partial charge in [-0.3, -0.25) is 14.1 Å². The number of aromatic nitrogens is 3. The molecule has 0 aliphatic carbocycles. The third kappa shape index (κ3) is 3.82. The standard InChI is InChI=1S/C23H28N6O/c1-26-11-13-28(14-12-26)23(30)20-7-8-21-24-25-22(29(21)17-20)19-9-10-27(16-19)15-18-5-3-2-4-6-18/h2-8,17,19H,9-16H2,1H3/t19-/m0/s1. The summed E-state index contributed by atoms with van der Waals surface area (Å²) in [6, 6.07) is 14.4. The fourth-order valence-corrected chi connectivity index (χ4v) is 4.53. The van der Waals surface area contributed by atoms with Crippen LogP contribution in [0.4, 0.5) is 0 Å². The van der Waals surface area contributed by atoms with E-state index in [1.54, 1.807) is 0 Å². The van der Waals surface area contributed by atoms with Crippen LogP contribution in [0.1, 0.15) is 34.1 Å². The molecule has 30 heavy (non-hydrogen) atoms. The highest BCUT2D eigenvalue weighted by atomic mass is 16.2. The molecule has 5 rings (SSSR count). The van der Waals surface area contributed by atoms with Gasteiger partial charge < -0.3 is 9.80 Å². The highest BCUT2D eigenvalue weighted by Gasteiger charge is 2.28. The molecular formula is C23H28N6O. The predicted molar refractivity (Wildman–Crippen MR) is 115 cm³/mol. The summed E-state index contributed by atoms with van der Waals surface area (Å²) in [6.45, 7) is 6.37. The van der Waals surface area contributed by atoms with Crippen molar-refractivity contribution in [2.24, 2.45) is 0 Å². The third-order valence-electron chi connectivity index (χ3n) is 6.35. The largest absolute Gasteiger partial charge is 0.336 e. The topological polar surface area (TPSA) is 57.0 Å². The van der Waals surface area contributed by atoms with Crippen LogP contribution >= 0.6 is 0 Å². The Bertz CT molecular complexity index is 1020. The summed E-state index contributed by atoms with van der Waals surface area (Å²) in [6.07, 6.45) is 3.00. The molecule has 7 nitrogen and oxygen atoms in total. The number of benzene rings is 1. The second-order valence-electron chi connectivity index (χ2n) is 8.51. The van der Waals surface area contributed by atoms with Crippen molar-refractivity contribution in [1.82, 2.24) is 29.3 Å². The monoisotopic (exact) mass is 404 g/mol. The van der Waals surface area contributed by atoms with Crippen molar-refractivity contribution in [3.63, 3.8) is 0 Å². The molecule has 0 radical (unpaired) electrons. The molecule has 2 aliphatic rings. The van der Waals surface area contributed by atoms with Gasteiger partial charge in [0.1, 0.15) is 5.82 Å². The van der Waals surface area contributed by atoms with E-state index in [1.165, 1.54) is 5.56 Å². The summed E-state index contributed by atoms with van der Waals surface area (Å²) in [7, 11) is 2.10. The Labute approximate surface area is 176 Å². The Morgan fingerprint density at radius 2 is 1.80 bits per heavy atom. The molecule has 2 aliphatic heterocycles. The molecule has 2 saturated heterocycles. The smallest absolute Gasteiger partial charge is 0.255 e. The molecular weight excluding hydrogens is 376 g/mol. The molecule has 1 aromatic carbocycles. The number of rotatable bonds is 4. The van der Waals surface area contributed by atoms with Crippen molar-refractivity contribution in [2.45, 2.75) is 18.9 Å². The SMILES string of the molecule is CN1CCN(C(=O)c2ccc3nnc([C@H]4CCN(Cc5ccccc5)C4)n3c2)CC1. The molecule has 3 aromatic rings. The molecule has 0 bridgehead atoms. The van der Waals surface area contributed by atoms with Crippen molar-refractivity contribution in [1.29, 1.82) is 0 Å². The van der Waals surface area contributed by atoms with E-state index in [4.69, 9.17) is 0 Å². The molecule has 4 heterocycles. The predicted octanol–water partition coefficient (Wildman–Crippen LogP) is 2.11. The first-order valence-electron chi connectivity index (χ1n) is 10.8. The van der Waals surface area contributed by atoms with E-state index in [0.29, 0.717) is 11.5 Å². The summed E-state index contributed by atoms with van der Waals surface area (Å²) in [5.41, 5.74) is 2.86. The Balaban J connectivity index is 1.33. The van der Waals surface area contributed by atoms with Gasteiger partial charge >= 0.3 is 0 Å². The number of likely N-dealkylation sites (tertiary alicyclic amines) is 1. The molecule has 0 saturated carbocycles. The number of amides is 1. The van der Waals surface area contributed by atoms with Crippen LogP contribution < -0.4 is 0 Å². The number of piperazine rings is 1. The van der Waals surface area contributed by atoms with E-state index in [2.05, 4.69) is 57.4 Å². The second kappa shape index (κ2) is 8.16. The molecule has 156 valence electrons. The van der Waals surface area contributed by atoms with E-state index in [0.717, 1.165) is 63.7 Å². The van der Waals surface area contributed by atoms with Crippen LogP contribution in [0.5, 0.6) is 0 Å². The molecule has 0 unspecified atom stereocenters. The number of fused-ring (bicyclic) bond motifs is 1. The van der Waals surface area contributed by atoms with Crippen molar-refractivity contribution >= 4 is 11.6 Å². The van der Waals surface area contributed by atoms with Crippen LogP contribution in [0, 0.1) is 0 Å². The van der Waals surface area contributed by atoms with Gasteiger partial charge in [0.05, 0.1) is 5.56 Å². The summed E-state index contributed by atoms with van der Waals surface area (Å²) >= 11 is 0. The van der Waals surface area contributed by atoms with E-state index in [-0.39, 0.29) is 5.91 Å². The maximum atomic E-state index is 13.0. The lowest BCUT2D eigenvalue weighted by molar-refractivity contribution is 0.0663. The first-order chi connectivity index (χ1) is 14.7. The Morgan fingerprint density at radius 1 is 1.00 bits per heavy atom. The lowest BCUT2D eigenvalue weighted by Gasteiger charge is -2.32. The van der Waals surface area contributed by atoms with Crippen LogP contribution in [0.2, 0.25) is 0 Å². The maximum absolute atomic E-state index is 13.0. The van der Waals surface area contributed by atoms with Crippen LogP contribution in [0.3, 0.4) is 0 Å². The quantitative estimate of drug-likeness (QED) is 0.667. The van der Waals surface area contributed by atoms with Gasteiger partial charge in [-0.05, 0) is 37.7 Å². The van der Waals surface area contributed by atoms with E-state index in [9.17, 15) is 4.79 Å². The number of likely N-dealkylation sites (N-methyl/N-ethyl adjacent to an activating group) is 1. The molecule has 1 amide bonds. The number of hydrogen-bond acceptors (Lipinski definition) is 5. The van der Waals surface area contributed by atoms with Gasteiger partial charge in [-0.15, -0.1) is 10.2 Å². The molecule has 1 atom stereocenters. The minimum Gasteiger partial charge on any atom is -0.336 e. The first kappa shape index (κ1) is 19.2. The minimum atomic E-state index is 0.0989. The van der Waals surface area contributed by atoms with Gasteiger partial charge in [0, 0.05) is 51.4 Å². The molecule has 0 N–H and O–H groups in total. The normalized spacial score (nSPS) is 20.8. The zero-order valence-electron chi connectivity index (χ0n) is 17.4. The van der Waals surface area contributed by atoms with Gasteiger partial charge in [-0.25, -0.2) is 0 Å². The third-order valence-corrected chi connectivity index (χ3v) is 6.35. The Morgan fingerprint density at radius 3 is 2.60 bits per heavy atom. The van der Waals surface area contributed by atoms with Gasteiger partial charge in [-0.2, -0.15) is 0 Å². The van der Waals surface area contributed by atoms with Crippen LogP contribution in [0.25, 0.3) is 5.65 Å². The summed E-state index contributed by atoms with van der Waals surface area (Å²) in [4.78, 5) is 19.7. The summed E-state index contributed by atoms with van der Waals surface area (Å²) in [5.74, 6) is 1.40. The minimum absolute atomic E-state index is 0.0989. The fraction of sp³-hybridized carbons (Fsp3) is 0.435. The van der Waals surface area contributed by atoms with E-state index >= 15 is 0 Å². The van der Waals surface area contributed by atoms with Gasteiger partial charge in [-0.1, -0.05) is 30.3 Å². The average molecular weight is 405 g/mol. The van der Waals surface area contributed by atoms with Crippen LogP contribution in [0.15, 0.2) is 48.7 Å². The number of hydrogen-bond donors (Lipinski definition) is 0. The lowest BCUT2D eigenvalue weighted by atomic mass is 10.1. The number of nitrogens with zero attached hydrogens (tertiary/aromatic N) is 6. The van der Waals surface area contributed by atoms with Crippen molar-refractivity contribution in [2.75, 3.05) is 46.3 Å². The average Bonchev–Trinajstić information content (AvgIpc) is 3.40. The number of pyridine rings is 1. The van der Waals surface area contributed by atoms with Crippen LogP contribution in [-0.2, 0) is 6.54 Å². The zero-order chi connectivity index (χ0) is 20.5. The van der Waals surface area contributed by atoms with E-state index < -0.39 is 0 Å². The maximum Gasteiger partial charge on any atom is 0.255 e. The first-order valence-corrected chi connectivity index (χ1v) is 10.8. The molecule has 0 spiro atoms. The van der Waals surface area contributed by atoms with Crippen molar-refractivity contribution in [3.8, 4) is 0 Å². The van der Waals surface area contributed by atoms with Gasteiger partial charge in [0.2, 0.25) is 0 Å². The van der Waals surface area contributed by atoms with Gasteiger partial charge in [0.15, 0.2) is 5.65 Å². The Hall–Kier alpha value is -2.77. The fourth-order valence-electron chi connectivity index (χ4n) is 4.53. The van der Waals surface area contributed by atoms with E-state index in [1.807, 2.05) is 27.6 Å². The van der Waals surface area contributed by atoms with Crippen molar-refractivity contribution < 1.29 is 4.79 Å². The summed E-state index contributed by atoms with van der Waals surface area (Å²) in [5, 5.41) is 8.85. The Kier molecular flexibility index (Phi) is 5.23. The lowest BCUT2D eigenvalue weighted by Crippen LogP contribution is -2.47. The molecule has 2 fully saturated rings.